The number of ether oxygens (including phenoxy) is 2. The van der Waals surface area contributed by atoms with Gasteiger partial charge in [-0.15, -0.1) is 0 Å². The van der Waals surface area contributed by atoms with Crippen molar-refractivity contribution in [2.75, 3.05) is 13.7 Å². The van der Waals surface area contributed by atoms with E-state index in [0.29, 0.717) is 12.5 Å². The number of nitrogens with zero attached hydrogens (tertiary/aromatic N) is 4. The lowest BCUT2D eigenvalue weighted by molar-refractivity contribution is 0.270. The molecule has 27 heavy (non-hydrogen) atoms. The topological polar surface area (TPSA) is 77.9 Å². The Kier molecular flexibility index (Phi) is 4.50. The Balaban J connectivity index is 1.75. The van der Waals surface area contributed by atoms with E-state index in [1.165, 1.54) is 6.33 Å². The number of hydrogen-bond acceptors (Lipinski definition) is 5. The molecule has 0 saturated heterocycles. The van der Waals surface area contributed by atoms with Crippen LogP contribution in [0.25, 0.3) is 28.1 Å². The smallest absolute Gasteiger partial charge is 0.142 e. The highest BCUT2D eigenvalue weighted by atomic mass is 16.5. The van der Waals surface area contributed by atoms with Crippen molar-refractivity contribution in [2.24, 2.45) is 5.92 Å². The van der Waals surface area contributed by atoms with E-state index in [9.17, 15) is 0 Å². The van der Waals surface area contributed by atoms with E-state index in [1.54, 1.807) is 18.1 Å². The van der Waals surface area contributed by atoms with E-state index in [-0.39, 0.29) is 0 Å². The summed E-state index contributed by atoms with van der Waals surface area (Å²) in [7, 11) is 1.65. The van der Waals surface area contributed by atoms with Crippen molar-refractivity contribution >= 4 is 11.0 Å². The van der Waals surface area contributed by atoms with Gasteiger partial charge in [-0.2, -0.15) is 5.10 Å². The number of rotatable bonds is 6. The number of nitrogens with one attached hydrogen (secondary N) is 1. The van der Waals surface area contributed by atoms with Crippen molar-refractivity contribution in [2.45, 2.75) is 13.8 Å². The van der Waals surface area contributed by atoms with E-state index in [0.717, 1.165) is 39.6 Å². The van der Waals surface area contributed by atoms with Gasteiger partial charge < -0.3 is 14.5 Å². The lowest BCUT2D eigenvalue weighted by atomic mass is 10.1. The third-order valence-electron chi connectivity index (χ3n) is 4.16. The molecule has 2 aromatic carbocycles. The Labute approximate surface area is 157 Å². The molecule has 0 bridgehead atoms. The average molecular weight is 363 g/mol. The lowest BCUT2D eigenvalue weighted by Crippen LogP contribution is -2.05. The first kappa shape index (κ1) is 17.1. The van der Waals surface area contributed by atoms with E-state index in [4.69, 9.17) is 14.5 Å². The van der Waals surface area contributed by atoms with Gasteiger partial charge in [0, 0.05) is 6.07 Å². The van der Waals surface area contributed by atoms with E-state index >= 15 is 0 Å². The second kappa shape index (κ2) is 7.11. The highest BCUT2D eigenvalue weighted by Gasteiger charge is 2.14. The first-order chi connectivity index (χ1) is 13.1. The Hall–Kier alpha value is -3.35. The molecule has 138 valence electrons. The van der Waals surface area contributed by atoms with Gasteiger partial charge in [0.25, 0.3) is 0 Å². The molecule has 0 atom stereocenters. The van der Waals surface area contributed by atoms with Crippen molar-refractivity contribution in [1.82, 2.24) is 24.7 Å². The molecule has 2 heterocycles. The van der Waals surface area contributed by atoms with Crippen molar-refractivity contribution < 1.29 is 9.47 Å². The molecule has 0 fully saturated rings. The van der Waals surface area contributed by atoms with Crippen LogP contribution in [0.3, 0.4) is 0 Å². The van der Waals surface area contributed by atoms with Crippen LogP contribution in [0.1, 0.15) is 13.8 Å². The van der Waals surface area contributed by atoms with E-state index in [2.05, 4.69) is 28.9 Å². The summed E-state index contributed by atoms with van der Waals surface area (Å²) < 4.78 is 13.1. The Morgan fingerprint density at radius 3 is 2.78 bits per heavy atom. The first-order valence-electron chi connectivity index (χ1n) is 8.80. The predicted molar refractivity (Wildman–Crippen MR) is 103 cm³/mol. The van der Waals surface area contributed by atoms with Crippen molar-refractivity contribution in [3.8, 4) is 28.6 Å². The Morgan fingerprint density at radius 1 is 1.15 bits per heavy atom. The Morgan fingerprint density at radius 2 is 2.04 bits per heavy atom. The Bertz CT molecular complexity index is 1050. The quantitative estimate of drug-likeness (QED) is 0.563. The lowest BCUT2D eigenvalue weighted by Gasteiger charge is -2.13. The van der Waals surface area contributed by atoms with Gasteiger partial charge >= 0.3 is 0 Å². The first-order valence-corrected chi connectivity index (χ1v) is 8.80. The highest BCUT2D eigenvalue weighted by molar-refractivity contribution is 5.82. The largest absolute Gasteiger partial charge is 0.497 e. The number of imidazole rings is 1. The third kappa shape index (κ3) is 3.48. The molecule has 0 unspecified atom stereocenters. The number of H-pyrrole nitrogens is 1. The van der Waals surface area contributed by atoms with E-state index in [1.807, 2.05) is 36.4 Å². The number of aromatic nitrogens is 5. The van der Waals surface area contributed by atoms with Gasteiger partial charge in [-0.05, 0) is 36.2 Å². The SMILES string of the molecule is COc1ccc(-c2nc3ccc(-n4cncn4)cc3[nH]2)c(OCC(C)C)c1. The summed E-state index contributed by atoms with van der Waals surface area (Å²) in [6.45, 7) is 4.86. The summed E-state index contributed by atoms with van der Waals surface area (Å²) in [5.74, 6) is 2.67. The van der Waals surface area contributed by atoms with Gasteiger partial charge in [0.2, 0.25) is 0 Å². The van der Waals surface area contributed by atoms with Crippen molar-refractivity contribution in [3.63, 3.8) is 0 Å². The molecule has 4 aromatic rings. The van der Waals surface area contributed by atoms with Crippen LogP contribution in [-0.2, 0) is 0 Å². The maximum atomic E-state index is 6.01. The van der Waals surface area contributed by atoms with Gasteiger partial charge in [-0.1, -0.05) is 13.8 Å². The molecule has 0 aliphatic rings. The maximum absolute atomic E-state index is 6.01. The van der Waals surface area contributed by atoms with Crippen LogP contribution in [0.5, 0.6) is 11.5 Å². The summed E-state index contributed by atoms with van der Waals surface area (Å²) >= 11 is 0. The molecular formula is C20H21N5O2. The van der Waals surface area contributed by atoms with Gasteiger partial charge in [0.15, 0.2) is 0 Å². The summed E-state index contributed by atoms with van der Waals surface area (Å²) in [6, 6.07) is 11.7. The average Bonchev–Trinajstić information content (AvgIpc) is 3.35. The minimum Gasteiger partial charge on any atom is -0.497 e. The number of fused-ring (bicyclic) bond motifs is 1. The van der Waals surface area contributed by atoms with Crippen LogP contribution in [0.4, 0.5) is 0 Å². The monoisotopic (exact) mass is 363 g/mol. The molecule has 7 heteroatoms. The molecule has 7 nitrogen and oxygen atoms in total. The van der Waals surface area contributed by atoms with Crippen LogP contribution in [0.2, 0.25) is 0 Å². The van der Waals surface area contributed by atoms with Gasteiger partial charge in [-0.25, -0.2) is 14.6 Å². The van der Waals surface area contributed by atoms with Crippen LogP contribution in [0, 0.1) is 5.92 Å². The molecule has 0 spiro atoms. The second-order valence-electron chi connectivity index (χ2n) is 6.69. The molecule has 0 saturated carbocycles. The fraction of sp³-hybridized carbons (Fsp3) is 0.250. The minimum atomic E-state index is 0.421. The number of aromatic amines is 1. The fourth-order valence-corrected chi connectivity index (χ4v) is 2.81. The maximum Gasteiger partial charge on any atom is 0.142 e. The normalized spacial score (nSPS) is 11.3. The predicted octanol–water partition coefficient (Wildman–Crippen LogP) is 3.85. The zero-order valence-corrected chi connectivity index (χ0v) is 15.5. The van der Waals surface area contributed by atoms with Crippen LogP contribution < -0.4 is 9.47 Å². The number of methoxy groups -OCH3 is 1. The minimum absolute atomic E-state index is 0.421. The molecule has 0 aliphatic heterocycles. The van der Waals surface area contributed by atoms with Crippen LogP contribution in [0.15, 0.2) is 49.1 Å². The molecule has 0 radical (unpaired) electrons. The second-order valence-corrected chi connectivity index (χ2v) is 6.69. The standard InChI is InChI=1S/C20H21N5O2/c1-13(2)10-27-19-9-15(26-3)5-6-16(19)20-23-17-7-4-14(8-18(17)24-20)25-12-21-11-22-25/h4-9,11-13H,10H2,1-3H3,(H,23,24). The zero-order chi connectivity index (χ0) is 18.8. The molecular weight excluding hydrogens is 342 g/mol. The van der Waals surface area contributed by atoms with Crippen LogP contribution >= 0.6 is 0 Å². The van der Waals surface area contributed by atoms with E-state index < -0.39 is 0 Å². The molecule has 0 aliphatic carbocycles. The molecule has 2 aromatic heterocycles. The molecule has 1 N–H and O–H groups in total. The summed E-state index contributed by atoms with van der Waals surface area (Å²) in [4.78, 5) is 12.1. The third-order valence-corrected chi connectivity index (χ3v) is 4.16. The van der Waals surface area contributed by atoms with Gasteiger partial charge in [0.1, 0.15) is 30.0 Å². The summed E-state index contributed by atoms with van der Waals surface area (Å²) in [5, 5.41) is 4.17. The number of hydrogen-bond donors (Lipinski definition) is 1. The van der Waals surface area contributed by atoms with Gasteiger partial charge in [-0.3, -0.25) is 0 Å². The zero-order valence-electron chi connectivity index (χ0n) is 15.5. The molecule has 4 rings (SSSR count). The summed E-state index contributed by atoms with van der Waals surface area (Å²) in [5.41, 5.74) is 3.61. The summed E-state index contributed by atoms with van der Waals surface area (Å²) in [6.07, 6.45) is 3.18. The van der Waals surface area contributed by atoms with Crippen LogP contribution in [-0.4, -0.2) is 38.4 Å². The van der Waals surface area contributed by atoms with Gasteiger partial charge in [0.05, 0.1) is 36.0 Å². The highest BCUT2D eigenvalue weighted by Crippen LogP contribution is 2.33. The molecule has 0 amide bonds. The van der Waals surface area contributed by atoms with Crippen molar-refractivity contribution in [3.05, 3.63) is 49.1 Å². The number of benzene rings is 2. The fourth-order valence-electron chi connectivity index (χ4n) is 2.81. The van der Waals surface area contributed by atoms with Crippen molar-refractivity contribution in [1.29, 1.82) is 0 Å².